The van der Waals surface area contributed by atoms with Crippen molar-refractivity contribution in [2.75, 3.05) is 5.43 Å². The van der Waals surface area contributed by atoms with Gasteiger partial charge in [0.15, 0.2) is 5.84 Å². The van der Waals surface area contributed by atoms with Crippen LogP contribution in [0.4, 0.5) is 5.69 Å². The van der Waals surface area contributed by atoms with Crippen LogP contribution in [0.1, 0.15) is 18.6 Å². The second-order valence-corrected chi connectivity index (χ2v) is 3.40. The highest BCUT2D eigenvalue weighted by atomic mass is 16.3. The van der Waals surface area contributed by atoms with Gasteiger partial charge in [-0.3, -0.25) is 10.8 Å². The first-order valence-electron chi connectivity index (χ1n) is 4.91. The Balaban J connectivity index is 2.86. The van der Waals surface area contributed by atoms with E-state index in [-0.39, 0.29) is 5.71 Å². The number of nitrogens with one attached hydrogen (secondary N) is 2. The lowest BCUT2D eigenvalue weighted by atomic mass is 10.1. The van der Waals surface area contributed by atoms with E-state index in [2.05, 4.69) is 10.5 Å². The van der Waals surface area contributed by atoms with Crippen molar-refractivity contribution in [3.63, 3.8) is 0 Å². The molecule has 5 N–H and O–H groups in total. The number of rotatable bonds is 4. The van der Waals surface area contributed by atoms with Crippen LogP contribution in [0.25, 0.3) is 0 Å². The molecule has 6 heteroatoms. The van der Waals surface area contributed by atoms with Gasteiger partial charge in [-0.15, -0.1) is 0 Å². The van der Waals surface area contributed by atoms with E-state index in [4.69, 9.17) is 16.4 Å². The molecule has 1 aromatic carbocycles. The molecule has 0 aliphatic rings. The largest absolute Gasteiger partial charge is 0.389 e. The zero-order chi connectivity index (χ0) is 12.8. The van der Waals surface area contributed by atoms with Crippen LogP contribution in [0, 0.1) is 16.7 Å². The third-order valence-corrected chi connectivity index (χ3v) is 2.03. The van der Waals surface area contributed by atoms with Gasteiger partial charge >= 0.3 is 0 Å². The quantitative estimate of drug-likeness (QED) is 0.350. The third kappa shape index (κ3) is 3.59. The summed E-state index contributed by atoms with van der Waals surface area (Å²) in [6.45, 7) is 1.65. The van der Waals surface area contributed by atoms with E-state index in [1.165, 1.54) is 0 Å². The van der Waals surface area contributed by atoms with Gasteiger partial charge in [0.25, 0.3) is 0 Å². The molecule has 0 heterocycles. The molecule has 0 radical (unpaired) electrons. The molecule has 0 aliphatic carbocycles. The number of nitrogens with zero attached hydrogens (tertiary/aromatic N) is 2. The average Bonchev–Trinajstić information content (AvgIpc) is 2.29. The number of amidine groups is 1. The lowest BCUT2D eigenvalue weighted by Crippen LogP contribution is -2.21. The molecular weight excluding hydrogens is 218 g/mol. The van der Waals surface area contributed by atoms with Crippen molar-refractivity contribution in [2.45, 2.75) is 13.0 Å². The van der Waals surface area contributed by atoms with Gasteiger partial charge in [0.1, 0.15) is 6.07 Å². The second kappa shape index (κ2) is 5.63. The lowest BCUT2D eigenvalue weighted by molar-refractivity contribution is 0.199. The van der Waals surface area contributed by atoms with E-state index < -0.39 is 11.9 Å². The fourth-order valence-electron chi connectivity index (χ4n) is 1.13. The Hall–Kier alpha value is -2.39. The van der Waals surface area contributed by atoms with Gasteiger partial charge in [-0.05, 0) is 24.6 Å². The van der Waals surface area contributed by atoms with Crippen molar-refractivity contribution in [2.24, 2.45) is 10.8 Å². The molecule has 1 unspecified atom stereocenters. The molecule has 0 amide bonds. The third-order valence-electron chi connectivity index (χ3n) is 2.03. The monoisotopic (exact) mass is 231 g/mol. The Bertz CT molecular complexity index is 487. The normalized spacial score (nSPS) is 12.6. The number of anilines is 1. The summed E-state index contributed by atoms with van der Waals surface area (Å²) >= 11 is 0. The Morgan fingerprint density at radius 1 is 1.65 bits per heavy atom. The zero-order valence-electron chi connectivity index (χ0n) is 9.31. The van der Waals surface area contributed by atoms with Crippen molar-refractivity contribution in [3.05, 3.63) is 29.8 Å². The molecule has 0 bridgehead atoms. The summed E-state index contributed by atoms with van der Waals surface area (Å²) in [5.41, 5.74) is 8.89. The molecule has 17 heavy (non-hydrogen) atoms. The number of benzene rings is 1. The number of hydrogen-bond donors (Lipinski definition) is 4. The molecule has 0 aromatic heterocycles. The minimum atomic E-state index is -0.580. The van der Waals surface area contributed by atoms with Crippen LogP contribution in [0.15, 0.2) is 29.4 Å². The van der Waals surface area contributed by atoms with Crippen LogP contribution >= 0.6 is 0 Å². The summed E-state index contributed by atoms with van der Waals surface area (Å²) in [6.07, 6.45) is -0.580. The molecule has 1 atom stereocenters. The van der Waals surface area contributed by atoms with Crippen LogP contribution in [-0.2, 0) is 0 Å². The van der Waals surface area contributed by atoms with Crippen LogP contribution in [0.3, 0.4) is 0 Å². The maximum Gasteiger partial charge on any atom is 0.201 e. The minimum absolute atomic E-state index is 0.188. The maximum absolute atomic E-state index is 9.39. The first kappa shape index (κ1) is 12.7. The summed E-state index contributed by atoms with van der Waals surface area (Å²) in [7, 11) is 0. The van der Waals surface area contributed by atoms with Gasteiger partial charge < -0.3 is 10.8 Å². The summed E-state index contributed by atoms with van der Waals surface area (Å²) in [5, 5.41) is 28.8. The van der Waals surface area contributed by atoms with Crippen molar-refractivity contribution < 1.29 is 5.11 Å². The minimum Gasteiger partial charge on any atom is -0.389 e. The van der Waals surface area contributed by atoms with Crippen molar-refractivity contribution in [3.8, 4) is 6.07 Å². The van der Waals surface area contributed by atoms with E-state index >= 15 is 0 Å². The molecule has 88 valence electrons. The van der Waals surface area contributed by atoms with E-state index in [0.717, 1.165) is 5.56 Å². The fraction of sp³-hybridized carbons (Fsp3) is 0.182. The molecule has 1 rings (SSSR count). The van der Waals surface area contributed by atoms with Crippen LogP contribution in [0.2, 0.25) is 0 Å². The molecule has 0 saturated carbocycles. The lowest BCUT2D eigenvalue weighted by Gasteiger charge is -2.07. The molecular formula is C11H13N5O. The van der Waals surface area contributed by atoms with Gasteiger partial charge in [-0.25, -0.2) is 0 Å². The number of aliphatic hydroxyl groups excluding tert-OH is 1. The van der Waals surface area contributed by atoms with Gasteiger partial charge in [0, 0.05) is 0 Å². The highest BCUT2D eigenvalue weighted by molar-refractivity contribution is 6.45. The van der Waals surface area contributed by atoms with Gasteiger partial charge in [-0.2, -0.15) is 10.4 Å². The first-order chi connectivity index (χ1) is 8.04. The Morgan fingerprint density at radius 3 is 2.88 bits per heavy atom. The van der Waals surface area contributed by atoms with Crippen molar-refractivity contribution >= 4 is 17.2 Å². The number of nitrogens with two attached hydrogens (primary N) is 1. The van der Waals surface area contributed by atoms with Gasteiger partial charge in [0.2, 0.25) is 5.71 Å². The predicted molar refractivity (Wildman–Crippen MR) is 65.7 cm³/mol. The highest BCUT2D eigenvalue weighted by Crippen LogP contribution is 2.16. The maximum atomic E-state index is 9.39. The van der Waals surface area contributed by atoms with Crippen LogP contribution in [0.5, 0.6) is 0 Å². The summed E-state index contributed by atoms with van der Waals surface area (Å²) in [6, 6.07) is 8.65. The Labute approximate surface area is 98.9 Å². The Kier molecular flexibility index (Phi) is 4.20. The predicted octanol–water partition coefficient (Wildman–Crippen LogP) is 0.967. The molecule has 1 aromatic rings. The van der Waals surface area contributed by atoms with E-state index in [9.17, 15) is 5.11 Å². The number of hydrazone groups is 1. The molecule has 6 nitrogen and oxygen atoms in total. The highest BCUT2D eigenvalue weighted by Gasteiger charge is 2.03. The SMILES string of the molecule is CC(O)c1cccc(N/N=C(\C#N)C(=N)N)c1. The summed E-state index contributed by atoms with van der Waals surface area (Å²) in [4.78, 5) is 0. The smallest absolute Gasteiger partial charge is 0.201 e. The number of aliphatic hydroxyl groups is 1. The summed E-state index contributed by atoms with van der Waals surface area (Å²) in [5.74, 6) is -0.397. The van der Waals surface area contributed by atoms with Crippen molar-refractivity contribution in [1.29, 1.82) is 10.7 Å². The fourth-order valence-corrected chi connectivity index (χ4v) is 1.13. The van der Waals surface area contributed by atoms with E-state index in [1.54, 1.807) is 37.3 Å². The molecule has 0 aliphatic heterocycles. The summed E-state index contributed by atoms with van der Waals surface area (Å²) < 4.78 is 0. The average molecular weight is 231 g/mol. The number of nitriles is 1. The van der Waals surface area contributed by atoms with Crippen LogP contribution < -0.4 is 11.2 Å². The number of hydrogen-bond acceptors (Lipinski definition) is 5. The second-order valence-electron chi connectivity index (χ2n) is 3.40. The molecule has 0 fully saturated rings. The first-order valence-corrected chi connectivity index (χ1v) is 4.91. The standard InChI is InChI=1S/C11H13N5O/c1-7(17)8-3-2-4-9(5-8)15-16-10(6-12)11(13)14/h2-5,7,15,17H,1H3,(H3,13,14)/b16-10+. The molecule has 0 spiro atoms. The van der Waals surface area contributed by atoms with Crippen LogP contribution in [-0.4, -0.2) is 16.7 Å². The topological polar surface area (TPSA) is 118 Å². The van der Waals surface area contributed by atoms with Gasteiger partial charge in [0.05, 0.1) is 11.8 Å². The van der Waals surface area contributed by atoms with Crippen molar-refractivity contribution in [1.82, 2.24) is 0 Å². The Morgan fingerprint density at radius 2 is 2.35 bits per heavy atom. The van der Waals surface area contributed by atoms with Gasteiger partial charge in [-0.1, -0.05) is 12.1 Å². The zero-order valence-corrected chi connectivity index (χ0v) is 9.31. The molecule has 0 saturated heterocycles. The van der Waals surface area contributed by atoms with E-state index in [0.29, 0.717) is 5.69 Å². The van der Waals surface area contributed by atoms with E-state index in [1.807, 2.05) is 0 Å².